The van der Waals surface area contributed by atoms with Gasteiger partial charge < -0.3 is 9.84 Å². The fraction of sp³-hybridized carbons (Fsp3) is 0.333. The van der Waals surface area contributed by atoms with Crippen LogP contribution in [0.2, 0.25) is 0 Å². The van der Waals surface area contributed by atoms with E-state index in [1.54, 1.807) is 19.1 Å². The van der Waals surface area contributed by atoms with Crippen molar-refractivity contribution in [2.24, 2.45) is 17.8 Å². The molecule has 7 heteroatoms. The zero-order valence-electron chi connectivity index (χ0n) is 17.1. The third kappa shape index (κ3) is 2.72. The Labute approximate surface area is 178 Å². The van der Waals surface area contributed by atoms with Gasteiger partial charge in [-0.1, -0.05) is 17.7 Å². The second-order valence-electron chi connectivity index (χ2n) is 8.51. The Bertz CT molecular complexity index is 1170. The molecule has 0 aromatic heterocycles. The Morgan fingerprint density at radius 2 is 1.87 bits per heavy atom. The van der Waals surface area contributed by atoms with Crippen LogP contribution >= 0.6 is 0 Å². The molecule has 1 aromatic rings. The first kappa shape index (κ1) is 19.5. The maximum atomic E-state index is 13.1. The molecule has 3 aliphatic carbocycles. The lowest BCUT2D eigenvalue weighted by molar-refractivity contribution is -0.126. The third-order valence-electron chi connectivity index (χ3n) is 6.94. The predicted molar refractivity (Wildman–Crippen MR) is 109 cm³/mol. The number of benzene rings is 1. The first-order valence-electron chi connectivity index (χ1n) is 10.2. The summed E-state index contributed by atoms with van der Waals surface area (Å²) in [4.78, 5) is 51.0. The smallest absolute Gasteiger partial charge is 0.231 e. The number of allylic oxidation sites excluding steroid dienone is 6. The Kier molecular flexibility index (Phi) is 4.25. The number of phenols is 1. The molecule has 158 valence electrons. The van der Waals surface area contributed by atoms with Gasteiger partial charge in [0, 0.05) is 22.6 Å². The normalized spacial score (nSPS) is 29.6. The van der Waals surface area contributed by atoms with Gasteiger partial charge in [0.2, 0.25) is 11.8 Å². The number of Topliss-reactive ketones (excluding diaryl/α,β-unsaturated/α-hetero) is 1. The zero-order valence-corrected chi connectivity index (χ0v) is 17.1. The molecule has 1 saturated heterocycles. The first-order chi connectivity index (χ1) is 14.8. The Hall–Kier alpha value is -3.48. The van der Waals surface area contributed by atoms with Gasteiger partial charge in [0.1, 0.15) is 0 Å². The SMILES string of the molecule is COc1ccc(C2C3=CCC4C(=O)NC(=O)C4C3CC3=C2C(=O)C=C(C)C3=O)cc1O. The minimum absolute atomic E-state index is 0.0753. The van der Waals surface area contributed by atoms with E-state index in [2.05, 4.69) is 5.32 Å². The number of carbonyl (C=O) groups excluding carboxylic acids is 4. The molecule has 0 saturated carbocycles. The molecule has 7 nitrogen and oxygen atoms in total. The molecule has 2 amide bonds. The lowest BCUT2D eigenvalue weighted by atomic mass is 9.59. The van der Waals surface area contributed by atoms with E-state index in [1.165, 1.54) is 19.3 Å². The van der Waals surface area contributed by atoms with Crippen LogP contribution in [0.1, 0.15) is 31.2 Å². The van der Waals surface area contributed by atoms with Crippen molar-refractivity contribution in [3.63, 3.8) is 0 Å². The molecule has 0 spiro atoms. The van der Waals surface area contributed by atoms with Gasteiger partial charge in [0.25, 0.3) is 0 Å². The fourth-order valence-corrected chi connectivity index (χ4v) is 5.56. The monoisotopic (exact) mass is 419 g/mol. The molecule has 0 bridgehead atoms. The van der Waals surface area contributed by atoms with Crippen molar-refractivity contribution in [3.05, 3.63) is 58.2 Å². The van der Waals surface area contributed by atoms with Crippen molar-refractivity contribution >= 4 is 23.4 Å². The number of carbonyl (C=O) groups is 4. The van der Waals surface area contributed by atoms with Gasteiger partial charge in [-0.25, -0.2) is 0 Å². The second-order valence-corrected chi connectivity index (χ2v) is 8.51. The van der Waals surface area contributed by atoms with Crippen LogP contribution in [0.5, 0.6) is 11.5 Å². The number of hydrogen-bond acceptors (Lipinski definition) is 6. The fourth-order valence-electron chi connectivity index (χ4n) is 5.56. The summed E-state index contributed by atoms with van der Waals surface area (Å²) in [5.74, 6) is -2.79. The molecular weight excluding hydrogens is 398 g/mol. The highest BCUT2D eigenvalue weighted by atomic mass is 16.5. The summed E-state index contributed by atoms with van der Waals surface area (Å²) in [6, 6.07) is 4.90. The number of rotatable bonds is 2. The molecule has 31 heavy (non-hydrogen) atoms. The van der Waals surface area contributed by atoms with Crippen LogP contribution in [0, 0.1) is 17.8 Å². The van der Waals surface area contributed by atoms with Gasteiger partial charge in [-0.2, -0.15) is 0 Å². The molecule has 4 aliphatic rings. The number of imide groups is 1. The van der Waals surface area contributed by atoms with Crippen molar-refractivity contribution < 1.29 is 29.0 Å². The summed E-state index contributed by atoms with van der Waals surface area (Å²) in [5.41, 5.74) is 2.65. The van der Waals surface area contributed by atoms with Crippen LogP contribution in [0.4, 0.5) is 0 Å². The maximum Gasteiger partial charge on any atom is 0.231 e. The highest BCUT2D eigenvalue weighted by Gasteiger charge is 2.53. The molecule has 1 aromatic carbocycles. The van der Waals surface area contributed by atoms with Crippen molar-refractivity contribution in [1.82, 2.24) is 5.32 Å². The summed E-state index contributed by atoms with van der Waals surface area (Å²) in [7, 11) is 1.45. The second kappa shape index (κ2) is 6.77. The minimum Gasteiger partial charge on any atom is -0.504 e. The summed E-state index contributed by atoms with van der Waals surface area (Å²) in [6.45, 7) is 1.61. The number of amides is 2. The highest BCUT2D eigenvalue weighted by Crippen LogP contribution is 2.54. The van der Waals surface area contributed by atoms with Crippen molar-refractivity contribution in [3.8, 4) is 11.5 Å². The van der Waals surface area contributed by atoms with Crippen LogP contribution in [-0.2, 0) is 19.2 Å². The summed E-state index contributed by atoms with van der Waals surface area (Å²) >= 11 is 0. The molecular formula is C24H21NO6. The summed E-state index contributed by atoms with van der Waals surface area (Å²) in [6.07, 6.45) is 3.93. The van der Waals surface area contributed by atoms with E-state index in [9.17, 15) is 24.3 Å². The van der Waals surface area contributed by atoms with Gasteiger partial charge in [0.15, 0.2) is 23.1 Å². The number of ether oxygens (including phenoxy) is 1. The standard InChI is InChI=1S/C24H21NO6/c1-10-7-17(27)21-15(22(10)28)9-14-12(4-5-13-20(14)24(30)25-23(13)29)19(21)11-3-6-18(31-2)16(26)8-11/h3-4,6-8,13-14,19-20,26H,5,9H2,1-2H3,(H,25,29,30). The van der Waals surface area contributed by atoms with E-state index in [1.807, 2.05) is 6.08 Å². The maximum absolute atomic E-state index is 13.1. The van der Waals surface area contributed by atoms with Gasteiger partial charge in [0.05, 0.1) is 18.9 Å². The number of ketones is 2. The van der Waals surface area contributed by atoms with E-state index in [4.69, 9.17) is 4.74 Å². The summed E-state index contributed by atoms with van der Waals surface area (Å²) in [5, 5.41) is 12.8. The zero-order chi connectivity index (χ0) is 22.0. The van der Waals surface area contributed by atoms with Crippen LogP contribution in [0.15, 0.2) is 52.6 Å². The largest absolute Gasteiger partial charge is 0.504 e. The highest BCUT2D eigenvalue weighted by molar-refractivity contribution is 6.23. The van der Waals surface area contributed by atoms with Gasteiger partial charge in [-0.15, -0.1) is 0 Å². The number of methoxy groups -OCH3 is 1. The molecule has 1 fully saturated rings. The average molecular weight is 419 g/mol. The van der Waals surface area contributed by atoms with Crippen LogP contribution in [0.25, 0.3) is 0 Å². The van der Waals surface area contributed by atoms with E-state index in [-0.39, 0.29) is 41.5 Å². The Morgan fingerprint density at radius 3 is 2.58 bits per heavy atom. The quantitative estimate of drug-likeness (QED) is 0.432. The van der Waals surface area contributed by atoms with E-state index < -0.39 is 17.8 Å². The van der Waals surface area contributed by atoms with E-state index in [0.29, 0.717) is 34.5 Å². The van der Waals surface area contributed by atoms with Crippen LogP contribution < -0.4 is 10.1 Å². The molecule has 4 unspecified atom stereocenters. The topological polar surface area (TPSA) is 110 Å². The van der Waals surface area contributed by atoms with Crippen molar-refractivity contribution in [2.45, 2.75) is 25.7 Å². The lowest BCUT2D eigenvalue weighted by Crippen LogP contribution is -2.39. The van der Waals surface area contributed by atoms with E-state index >= 15 is 0 Å². The Morgan fingerprint density at radius 1 is 1.10 bits per heavy atom. The number of phenolic OH excluding ortho intramolecular Hbond substituents is 1. The van der Waals surface area contributed by atoms with Crippen LogP contribution in [-0.4, -0.2) is 35.6 Å². The molecule has 1 heterocycles. The minimum atomic E-state index is -0.573. The Balaban J connectivity index is 1.71. The number of fused-ring (bicyclic) bond motifs is 3. The average Bonchev–Trinajstić information content (AvgIpc) is 3.04. The molecule has 5 rings (SSSR count). The van der Waals surface area contributed by atoms with Crippen LogP contribution in [0.3, 0.4) is 0 Å². The van der Waals surface area contributed by atoms with E-state index in [0.717, 1.165) is 5.57 Å². The molecule has 0 radical (unpaired) electrons. The van der Waals surface area contributed by atoms with Gasteiger partial charge >= 0.3 is 0 Å². The van der Waals surface area contributed by atoms with Crippen molar-refractivity contribution in [1.29, 1.82) is 0 Å². The molecule has 1 aliphatic heterocycles. The van der Waals surface area contributed by atoms with Crippen molar-refractivity contribution in [2.75, 3.05) is 7.11 Å². The molecule has 4 atom stereocenters. The third-order valence-corrected chi connectivity index (χ3v) is 6.94. The summed E-state index contributed by atoms with van der Waals surface area (Å²) < 4.78 is 5.14. The van der Waals surface area contributed by atoms with Gasteiger partial charge in [-0.3, -0.25) is 24.5 Å². The number of hydrogen-bond donors (Lipinski definition) is 2. The molecule has 2 N–H and O–H groups in total. The predicted octanol–water partition coefficient (Wildman–Crippen LogP) is 2.12. The number of aromatic hydroxyl groups is 1. The lowest BCUT2D eigenvalue weighted by Gasteiger charge is -2.42. The first-order valence-corrected chi connectivity index (χ1v) is 10.2. The van der Waals surface area contributed by atoms with Gasteiger partial charge in [-0.05, 0) is 49.5 Å². The number of nitrogens with one attached hydrogen (secondary N) is 1.